The molecular formula is C15H18N2O. The van der Waals surface area contributed by atoms with Crippen molar-refractivity contribution in [2.45, 2.75) is 32.2 Å². The molecule has 0 unspecified atom stereocenters. The topological polar surface area (TPSA) is 56.0 Å². The number of nitrogens with two attached hydrogens (primary N) is 1. The number of Topliss-reactive ketones (excluding diaryl/α,β-unsaturated/α-hetero) is 1. The Kier molecular flexibility index (Phi) is 3.43. The van der Waals surface area contributed by atoms with E-state index in [1.165, 1.54) is 0 Å². The fourth-order valence-electron chi connectivity index (χ4n) is 2.15. The number of carbonyl (C=O) groups is 1. The van der Waals surface area contributed by atoms with Gasteiger partial charge in [0.2, 0.25) is 0 Å². The van der Waals surface area contributed by atoms with Crippen LogP contribution in [0.2, 0.25) is 0 Å². The van der Waals surface area contributed by atoms with Gasteiger partial charge >= 0.3 is 0 Å². The van der Waals surface area contributed by atoms with Gasteiger partial charge < -0.3 is 5.73 Å². The summed E-state index contributed by atoms with van der Waals surface area (Å²) in [5, 5.41) is 1.90. The molecule has 0 saturated heterocycles. The molecule has 2 aromatic rings. The van der Waals surface area contributed by atoms with Crippen LogP contribution in [-0.4, -0.2) is 16.3 Å². The highest BCUT2D eigenvalue weighted by atomic mass is 16.1. The number of rotatable bonds is 4. The highest BCUT2D eigenvalue weighted by molar-refractivity contribution is 6.12. The summed E-state index contributed by atoms with van der Waals surface area (Å²) in [5.41, 5.74) is 6.09. The SMILES string of the molecule is CCC(N)(CC)C(=O)c1cccc2ccncc12. The molecule has 0 spiro atoms. The molecule has 2 N–H and O–H groups in total. The molecular weight excluding hydrogens is 224 g/mol. The molecule has 18 heavy (non-hydrogen) atoms. The smallest absolute Gasteiger partial charge is 0.183 e. The molecule has 0 saturated carbocycles. The van der Waals surface area contributed by atoms with Crippen LogP contribution in [0.25, 0.3) is 10.8 Å². The minimum absolute atomic E-state index is 0.00565. The van der Waals surface area contributed by atoms with E-state index in [2.05, 4.69) is 4.98 Å². The maximum absolute atomic E-state index is 12.6. The van der Waals surface area contributed by atoms with Crippen molar-refractivity contribution in [2.24, 2.45) is 5.73 Å². The Morgan fingerprint density at radius 3 is 2.67 bits per heavy atom. The van der Waals surface area contributed by atoms with E-state index >= 15 is 0 Å². The molecule has 3 nitrogen and oxygen atoms in total. The van der Waals surface area contributed by atoms with E-state index in [1.807, 2.05) is 38.1 Å². The summed E-state index contributed by atoms with van der Waals surface area (Å²) in [5.74, 6) is 0.00565. The van der Waals surface area contributed by atoms with E-state index in [0.717, 1.165) is 10.8 Å². The van der Waals surface area contributed by atoms with Crippen LogP contribution in [0.5, 0.6) is 0 Å². The lowest BCUT2D eigenvalue weighted by molar-refractivity contribution is 0.0881. The van der Waals surface area contributed by atoms with Gasteiger partial charge in [-0.2, -0.15) is 0 Å². The first-order valence-corrected chi connectivity index (χ1v) is 6.29. The molecule has 3 heteroatoms. The van der Waals surface area contributed by atoms with Crippen molar-refractivity contribution in [3.05, 3.63) is 42.2 Å². The van der Waals surface area contributed by atoms with Gasteiger partial charge in [-0.05, 0) is 24.3 Å². The second-order valence-corrected chi connectivity index (χ2v) is 4.59. The van der Waals surface area contributed by atoms with Gasteiger partial charge in [-0.15, -0.1) is 0 Å². The molecule has 0 bridgehead atoms. The zero-order chi connectivity index (χ0) is 13.2. The van der Waals surface area contributed by atoms with Crippen molar-refractivity contribution in [1.82, 2.24) is 4.98 Å². The minimum Gasteiger partial charge on any atom is -0.319 e. The monoisotopic (exact) mass is 242 g/mol. The quantitative estimate of drug-likeness (QED) is 0.839. The molecule has 0 aliphatic carbocycles. The molecule has 0 radical (unpaired) electrons. The fourth-order valence-corrected chi connectivity index (χ4v) is 2.15. The Labute approximate surface area is 107 Å². The Morgan fingerprint density at radius 1 is 1.28 bits per heavy atom. The van der Waals surface area contributed by atoms with Gasteiger partial charge in [0.15, 0.2) is 5.78 Å². The number of fused-ring (bicyclic) bond motifs is 1. The summed E-state index contributed by atoms with van der Waals surface area (Å²) in [4.78, 5) is 16.7. The summed E-state index contributed by atoms with van der Waals surface area (Å²) in [6, 6.07) is 7.60. The van der Waals surface area contributed by atoms with Crippen molar-refractivity contribution in [3.63, 3.8) is 0 Å². The van der Waals surface area contributed by atoms with Gasteiger partial charge in [0, 0.05) is 23.3 Å². The van der Waals surface area contributed by atoms with E-state index in [9.17, 15) is 4.79 Å². The van der Waals surface area contributed by atoms with Gasteiger partial charge in [-0.1, -0.05) is 32.0 Å². The number of carbonyl (C=O) groups excluding carboxylic acids is 1. The molecule has 0 aliphatic rings. The van der Waals surface area contributed by atoms with E-state index in [4.69, 9.17) is 5.73 Å². The second kappa shape index (κ2) is 4.86. The van der Waals surface area contributed by atoms with Crippen molar-refractivity contribution in [3.8, 4) is 0 Å². The first-order valence-electron chi connectivity index (χ1n) is 6.29. The molecule has 0 atom stereocenters. The lowest BCUT2D eigenvalue weighted by Crippen LogP contribution is -2.46. The summed E-state index contributed by atoms with van der Waals surface area (Å²) in [6.45, 7) is 3.90. The van der Waals surface area contributed by atoms with Gasteiger partial charge in [0.25, 0.3) is 0 Å². The van der Waals surface area contributed by atoms with Crippen LogP contribution >= 0.6 is 0 Å². The summed E-state index contributed by atoms with van der Waals surface area (Å²) in [7, 11) is 0. The third-order valence-corrected chi connectivity index (χ3v) is 3.64. The maximum Gasteiger partial charge on any atom is 0.183 e. The fraction of sp³-hybridized carbons (Fsp3) is 0.333. The van der Waals surface area contributed by atoms with Crippen molar-refractivity contribution < 1.29 is 4.79 Å². The van der Waals surface area contributed by atoms with Crippen LogP contribution in [0.15, 0.2) is 36.7 Å². The van der Waals surface area contributed by atoms with Gasteiger partial charge in [-0.25, -0.2) is 0 Å². The number of pyridine rings is 1. The van der Waals surface area contributed by atoms with Crippen molar-refractivity contribution in [1.29, 1.82) is 0 Å². The van der Waals surface area contributed by atoms with E-state index < -0.39 is 5.54 Å². The zero-order valence-electron chi connectivity index (χ0n) is 10.8. The predicted octanol–water partition coefficient (Wildman–Crippen LogP) is 2.94. The largest absolute Gasteiger partial charge is 0.319 e. The Hall–Kier alpha value is -1.74. The van der Waals surface area contributed by atoms with Crippen LogP contribution in [0.3, 0.4) is 0 Å². The van der Waals surface area contributed by atoms with Gasteiger partial charge in [0.1, 0.15) is 0 Å². The first kappa shape index (κ1) is 12.7. The summed E-state index contributed by atoms with van der Waals surface area (Å²) >= 11 is 0. The zero-order valence-corrected chi connectivity index (χ0v) is 10.8. The molecule has 0 aliphatic heterocycles. The third-order valence-electron chi connectivity index (χ3n) is 3.64. The molecule has 2 rings (SSSR count). The lowest BCUT2D eigenvalue weighted by atomic mass is 9.84. The van der Waals surface area contributed by atoms with Crippen molar-refractivity contribution in [2.75, 3.05) is 0 Å². The standard InChI is InChI=1S/C15H18N2O/c1-3-15(16,4-2)14(18)12-7-5-6-11-8-9-17-10-13(11)12/h5-10H,3-4,16H2,1-2H3. The Bertz CT molecular complexity index is 568. The van der Waals surface area contributed by atoms with Gasteiger partial charge in [-0.3, -0.25) is 9.78 Å². The normalized spacial score (nSPS) is 11.7. The van der Waals surface area contributed by atoms with E-state index in [1.54, 1.807) is 12.4 Å². The average molecular weight is 242 g/mol. The summed E-state index contributed by atoms with van der Waals surface area (Å²) < 4.78 is 0. The van der Waals surface area contributed by atoms with E-state index in [0.29, 0.717) is 18.4 Å². The second-order valence-electron chi connectivity index (χ2n) is 4.59. The number of aromatic nitrogens is 1. The first-order chi connectivity index (χ1) is 8.62. The maximum atomic E-state index is 12.6. The molecule has 1 heterocycles. The molecule has 0 amide bonds. The molecule has 94 valence electrons. The molecule has 1 aromatic carbocycles. The Balaban J connectivity index is 2.58. The highest BCUT2D eigenvalue weighted by Crippen LogP contribution is 2.24. The number of nitrogens with zero attached hydrogens (tertiary/aromatic N) is 1. The highest BCUT2D eigenvalue weighted by Gasteiger charge is 2.31. The van der Waals surface area contributed by atoms with Crippen LogP contribution < -0.4 is 5.73 Å². The van der Waals surface area contributed by atoms with Crippen molar-refractivity contribution >= 4 is 16.6 Å². The molecule has 0 fully saturated rings. The third kappa shape index (κ3) is 2.02. The predicted molar refractivity (Wildman–Crippen MR) is 73.6 cm³/mol. The molecule has 1 aromatic heterocycles. The number of benzene rings is 1. The summed E-state index contributed by atoms with van der Waals surface area (Å²) in [6.07, 6.45) is 4.73. The minimum atomic E-state index is -0.774. The number of hydrogen-bond donors (Lipinski definition) is 1. The lowest BCUT2D eigenvalue weighted by Gasteiger charge is -2.25. The van der Waals surface area contributed by atoms with Crippen LogP contribution in [0.4, 0.5) is 0 Å². The van der Waals surface area contributed by atoms with E-state index in [-0.39, 0.29) is 5.78 Å². The number of ketones is 1. The van der Waals surface area contributed by atoms with Crippen LogP contribution in [0.1, 0.15) is 37.0 Å². The Morgan fingerprint density at radius 2 is 2.00 bits per heavy atom. The number of hydrogen-bond acceptors (Lipinski definition) is 3. The van der Waals surface area contributed by atoms with Gasteiger partial charge in [0.05, 0.1) is 5.54 Å². The average Bonchev–Trinajstić information content (AvgIpc) is 2.45. The van der Waals surface area contributed by atoms with Crippen LogP contribution in [0, 0.1) is 0 Å². The van der Waals surface area contributed by atoms with Crippen LogP contribution in [-0.2, 0) is 0 Å².